The number of hydrogen-bond donors (Lipinski definition) is 0. The quantitative estimate of drug-likeness (QED) is 0.621. The van der Waals surface area contributed by atoms with Crippen LogP contribution in [0.4, 0.5) is 23.2 Å². The molecule has 2 aliphatic rings. The molecule has 178 valence electrons. The van der Waals surface area contributed by atoms with E-state index in [9.17, 15) is 30.8 Å². The van der Waals surface area contributed by atoms with Gasteiger partial charge in [0, 0.05) is 31.1 Å². The molecule has 7 nitrogen and oxygen atoms in total. The lowest BCUT2D eigenvalue weighted by Gasteiger charge is -2.44. The van der Waals surface area contributed by atoms with E-state index in [1.165, 1.54) is 12.1 Å². The molecule has 0 saturated carbocycles. The maximum atomic E-state index is 14.7. The summed E-state index contributed by atoms with van der Waals surface area (Å²) >= 11 is 0. The average Bonchev–Trinajstić information content (AvgIpc) is 2.78. The zero-order chi connectivity index (χ0) is 23.8. The second kappa shape index (κ2) is 8.88. The average molecular weight is 486 g/mol. The fraction of sp³-hybridized carbons (Fsp3) is 0.476. The van der Waals surface area contributed by atoms with Gasteiger partial charge in [-0.1, -0.05) is 18.2 Å². The maximum absolute atomic E-state index is 14.7. The van der Waals surface area contributed by atoms with Crippen LogP contribution in [0.2, 0.25) is 0 Å². The molecular formula is C21H22F4N4O3S. The van der Waals surface area contributed by atoms with Crippen molar-refractivity contribution in [3.63, 3.8) is 0 Å². The van der Waals surface area contributed by atoms with E-state index in [0.29, 0.717) is 5.69 Å². The van der Waals surface area contributed by atoms with E-state index in [2.05, 4.69) is 9.97 Å². The topological polar surface area (TPSA) is 83.5 Å². The number of nitrogens with zero attached hydrogens (tertiary/aromatic N) is 4. The van der Waals surface area contributed by atoms with Gasteiger partial charge >= 0.3 is 6.18 Å². The Morgan fingerprint density at radius 3 is 2.27 bits per heavy atom. The fourth-order valence-corrected chi connectivity index (χ4v) is 5.79. The molecule has 3 heterocycles. The highest BCUT2D eigenvalue weighted by Gasteiger charge is 2.39. The molecule has 12 heteroatoms. The highest BCUT2D eigenvalue weighted by Crippen LogP contribution is 2.33. The van der Waals surface area contributed by atoms with Crippen LogP contribution in [0, 0.1) is 11.7 Å². The van der Waals surface area contributed by atoms with Gasteiger partial charge in [-0.25, -0.2) is 22.8 Å². The minimum Gasteiger partial charge on any atom is -0.365 e. The van der Waals surface area contributed by atoms with Gasteiger partial charge in [0.05, 0.1) is 35.6 Å². The molecule has 2 saturated heterocycles. The molecule has 1 atom stereocenters. The number of benzene rings is 1. The highest BCUT2D eigenvalue weighted by molar-refractivity contribution is 7.91. The Labute approximate surface area is 188 Å². The number of halogens is 4. The Bertz CT molecular complexity index is 1110. The first-order chi connectivity index (χ1) is 15.5. The zero-order valence-corrected chi connectivity index (χ0v) is 18.3. The Morgan fingerprint density at radius 2 is 1.67 bits per heavy atom. The van der Waals surface area contributed by atoms with E-state index in [1.54, 1.807) is 21.9 Å². The van der Waals surface area contributed by atoms with Crippen molar-refractivity contribution in [2.24, 2.45) is 5.92 Å². The van der Waals surface area contributed by atoms with Gasteiger partial charge in [0.15, 0.2) is 0 Å². The van der Waals surface area contributed by atoms with Gasteiger partial charge in [0.1, 0.15) is 15.7 Å². The van der Waals surface area contributed by atoms with E-state index in [0.717, 1.165) is 12.4 Å². The van der Waals surface area contributed by atoms with Crippen molar-refractivity contribution in [1.29, 1.82) is 0 Å². The molecule has 33 heavy (non-hydrogen) atoms. The van der Waals surface area contributed by atoms with Crippen LogP contribution in [0.5, 0.6) is 0 Å². The van der Waals surface area contributed by atoms with Gasteiger partial charge < -0.3 is 9.80 Å². The number of aromatic nitrogens is 2. The van der Waals surface area contributed by atoms with E-state index >= 15 is 0 Å². The molecule has 1 unspecified atom stereocenters. The first-order valence-corrected chi connectivity index (χ1v) is 12.3. The lowest BCUT2D eigenvalue weighted by atomic mass is 9.96. The Kier molecular flexibility index (Phi) is 6.30. The molecule has 0 radical (unpaired) electrons. The standard InChI is InChI=1S/C21H22F4N4O3S/c22-17-4-2-1-3-16(17)18-13-28(15-11-26-20(27-12-15)21(23,24)25)7-8-29(18)19(30)14-5-9-33(31,32)10-6-14/h1-4,11-12,14,18H,5-10,13H2. The number of carbonyl (C=O) groups is 1. The first-order valence-electron chi connectivity index (χ1n) is 10.4. The number of carbonyl (C=O) groups excluding carboxylic acids is 1. The van der Waals surface area contributed by atoms with Crippen molar-refractivity contribution in [2.75, 3.05) is 36.0 Å². The number of piperazine rings is 1. The van der Waals surface area contributed by atoms with Crippen molar-refractivity contribution < 1.29 is 30.8 Å². The van der Waals surface area contributed by atoms with Gasteiger partial charge in [-0.3, -0.25) is 4.79 Å². The van der Waals surface area contributed by atoms with Crippen molar-refractivity contribution in [3.8, 4) is 0 Å². The molecule has 0 aliphatic carbocycles. The summed E-state index contributed by atoms with van der Waals surface area (Å²) in [4.78, 5) is 23.4. The predicted octanol–water partition coefficient (Wildman–Crippen LogP) is 2.85. The molecule has 0 N–H and O–H groups in total. The van der Waals surface area contributed by atoms with E-state index < -0.39 is 39.6 Å². The van der Waals surface area contributed by atoms with Crippen molar-refractivity contribution in [3.05, 3.63) is 53.9 Å². The van der Waals surface area contributed by atoms with Crippen molar-refractivity contribution >= 4 is 21.4 Å². The van der Waals surface area contributed by atoms with Crippen LogP contribution in [0.25, 0.3) is 0 Å². The Balaban J connectivity index is 1.59. The van der Waals surface area contributed by atoms with Crippen LogP contribution >= 0.6 is 0 Å². The second-order valence-corrected chi connectivity index (χ2v) is 10.5. The predicted molar refractivity (Wildman–Crippen MR) is 111 cm³/mol. The first kappa shape index (κ1) is 23.4. The minimum absolute atomic E-state index is 0.0589. The summed E-state index contributed by atoms with van der Waals surface area (Å²) in [5, 5.41) is 0. The lowest BCUT2D eigenvalue weighted by Crippen LogP contribution is -2.53. The van der Waals surface area contributed by atoms with Gasteiger partial charge in [-0.2, -0.15) is 13.2 Å². The molecule has 1 amide bonds. The van der Waals surface area contributed by atoms with Crippen molar-refractivity contribution in [2.45, 2.75) is 25.1 Å². The molecule has 1 aromatic heterocycles. The summed E-state index contributed by atoms with van der Waals surface area (Å²) in [5.74, 6) is -2.58. The number of amides is 1. The molecule has 1 aromatic carbocycles. The smallest absolute Gasteiger partial charge is 0.365 e. The molecule has 0 bridgehead atoms. The SMILES string of the molecule is O=C(C1CCS(=O)(=O)CC1)N1CCN(c2cnc(C(F)(F)F)nc2)CC1c1ccccc1F. The van der Waals surface area contributed by atoms with Crippen LogP contribution in [0.1, 0.15) is 30.3 Å². The number of anilines is 1. The maximum Gasteiger partial charge on any atom is 0.451 e. The van der Waals surface area contributed by atoms with Crippen LogP contribution in [-0.2, 0) is 20.8 Å². The van der Waals surface area contributed by atoms with Crippen LogP contribution in [0.3, 0.4) is 0 Å². The summed E-state index contributed by atoms with van der Waals surface area (Å²) in [6, 6.07) is 5.33. The lowest BCUT2D eigenvalue weighted by molar-refractivity contribution is -0.145. The third-order valence-electron chi connectivity index (χ3n) is 6.09. The van der Waals surface area contributed by atoms with Gasteiger partial charge in [0.25, 0.3) is 0 Å². The number of hydrogen-bond acceptors (Lipinski definition) is 6. The second-order valence-electron chi connectivity index (χ2n) is 8.20. The third-order valence-corrected chi connectivity index (χ3v) is 7.80. The van der Waals surface area contributed by atoms with Gasteiger partial charge in [-0.05, 0) is 18.9 Å². The monoisotopic (exact) mass is 486 g/mol. The number of rotatable bonds is 3. The Morgan fingerprint density at radius 1 is 1.03 bits per heavy atom. The summed E-state index contributed by atoms with van der Waals surface area (Å²) in [7, 11) is -3.14. The molecule has 2 aliphatic heterocycles. The van der Waals surface area contributed by atoms with Crippen LogP contribution < -0.4 is 4.90 Å². The Hall–Kier alpha value is -2.76. The molecule has 0 spiro atoms. The van der Waals surface area contributed by atoms with Crippen LogP contribution in [0.15, 0.2) is 36.7 Å². The van der Waals surface area contributed by atoms with Crippen molar-refractivity contribution in [1.82, 2.24) is 14.9 Å². The van der Waals surface area contributed by atoms with E-state index in [1.807, 2.05) is 0 Å². The third kappa shape index (κ3) is 5.10. The van der Waals surface area contributed by atoms with Gasteiger partial charge in [-0.15, -0.1) is 0 Å². The number of alkyl halides is 3. The molecule has 2 fully saturated rings. The van der Waals surface area contributed by atoms with E-state index in [4.69, 9.17) is 0 Å². The minimum atomic E-state index is -4.66. The largest absolute Gasteiger partial charge is 0.451 e. The summed E-state index contributed by atoms with van der Waals surface area (Å²) in [5.41, 5.74) is 0.618. The zero-order valence-electron chi connectivity index (χ0n) is 17.5. The van der Waals surface area contributed by atoms with Crippen LogP contribution in [-0.4, -0.2) is 60.3 Å². The number of sulfone groups is 1. The summed E-state index contributed by atoms with van der Waals surface area (Å²) in [6.45, 7) is 0.616. The van der Waals surface area contributed by atoms with Gasteiger partial charge in [0.2, 0.25) is 11.7 Å². The summed E-state index contributed by atoms with van der Waals surface area (Å²) < 4.78 is 76.6. The van der Waals surface area contributed by atoms with E-state index in [-0.39, 0.29) is 55.5 Å². The molecular weight excluding hydrogens is 464 g/mol. The molecule has 2 aromatic rings. The fourth-order valence-electron chi connectivity index (χ4n) is 4.30. The highest BCUT2D eigenvalue weighted by atomic mass is 32.2. The normalized spacial score (nSPS) is 21.8. The molecule has 4 rings (SSSR count). The summed E-state index contributed by atoms with van der Waals surface area (Å²) in [6.07, 6.45) is -2.08.